The summed E-state index contributed by atoms with van der Waals surface area (Å²) in [5, 5.41) is 0. The van der Waals surface area contributed by atoms with Gasteiger partial charge in [-0.25, -0.2) is 14.2 Å². The second kappa shape index (κ2) is 7.88. The van der Waals surface area contributed by atoms with Crippen LogP contribution in [-0.4, -0.2) is 32.6 Å². The van der Waals surface area contributed by atoms with E-state index in [4.69, 9.17) is 0 Å². The molecule has 0 atom stereocenters. The molecule has 4 heterocycles. The Morgan fingerprint density at radius 3 is 2.55 bits per heavy atom. The van der Waals surface area contributed by atoms with Gasteiger partial charge in [-0.15, -0.1) is 0 Å². The van der Waals surface area contributed by atoms with Gasteiger partial charge in [0, 0.05) is 49.5 Å². The minimum absolute atomic E-state index is 0.148. The molecule has 9 nitrogen and oxygen atoms in total. The van der Waals surface area contributed by atoms with Gasteiger partial charge in [-0.3, -0.25) is 18.3 Å². The molecule has 0 saturated carbocycles. The van der Waals surface area contributed by atoms with Crippen molar-refractivity contribution in [2.24, 2.45) is 7.05 Å². The Bertz CT molecular complexity index is 1600. The van der Waals surface area contributed by atoms with Gasteiger partial charge in [0.1, 0.15) is 5.82 Å². The summed E-state index contributed by atoms with van der Waals surface area (Å²) >= 11 is 0. The van der Waals surface area contributed by atoms with Crippen LogP contribution in [0.15, 0.2) is 52.6 Å². The topological polar surface area (TPSA) is 84.0 Å². The number of aromatic nitrogens is 7. The molecule has 0 N–H and O–H groups in total. The maximum absolute atomic E-state index is 14.2. The standard InChI is InChI=1S/C23H24FN7O2/c1-15-16(2)31-19-20(26-22(31)29(15)11-6-10-28-12-9-25-14-28)27(3)23(33)30(21(19)32)13-17-7-4-5-8-18(17)24/h4-5,7-9,12,14H,6,10-11,13H2,1-3H3. The van der Waals surface area contributed by atoms with Gasteiger partial charge in [-0.2, -0.15) is 4.98 Å². The molecule has 33 heavy (non-hydrogen) atoms. The monoisotopic (exact) mass is 449 g/mol. The van der Waals surface area contributed by atoms with E-state index in [2.05, 4.69) is 14.5 Å². The predicted molar refractivity (Wildman–Crippen MR) is 122 cm³/mol. The first kappa shape index (κ1) is 20.9. The number of halogens is 1. The van der Waals surface area contributed by atoms with Crippen molar-refractivity contribution in [3.05, 3.63) is 86.6 Å². The lowest BCUT2D eigenvalue weighted by Crippen LogP contribution is -2.39. The Balaban J connectivity index is 1.65. The van der Waals surface area contributed by atoms with Gasteiger partial charge in [-0.1, -0.05) is 18.2 Å². The Hall–Kier alpha value is -3.95. The van der Waals surface area contributed by atoms with Crippen LogP contribution in [0.25, 0.3) is 16.9 Å². The number of nitrogens with zero attached hydrogens (tertiary/aromatic N) is 7. The van der Waals surface area contributed by atoms with E-state index >= 15 is 0 Å². The molecule has 0 fully saturated rings. The highest BCUT2D eigenvalue weighted by Crippen LogP contribution is 2.21. The molecule has 0 aliphatic rings. The molecule has 4 aromatic heterocycles. The summed E-state index contributed by atoms with van der Waals surface area (Å²) < 4.78 is 22.5. The van der Waals surface area contributed by atoms with Crippen molar-refractivity contribution >= 4 is 16.9 Å². The van der Waals surface area contributed by atoms with E-state index in [0.29, 0.717) is 23.5 Å². The lowest BCUT2D eigenvalue weighted by molar-refractivity contribution is 0.563. The lowest BCUT2D eigenvalue weighted by atomic mass is 10.2. The molecule has 10 heteroatoms. The third-order valence-corrected chi connectivity index (χ3v) is 6.27. The van der Waals surface area contributed by atoms with Crippen molar-refractivity contribution in [3.63, 3.8) is 0 Å². The van der Waals surface area contributed by atoms with Gasteiger partial charge in [0.15, 0.2) is 11.2 Å². The van der Waals surface area contributed by atoms with E-state index in [1.54, 1.807) is 37.8 Å². The van der Waals surface area contributed by atoms with Gasteiger partial charge < -0.3 is 9.13 Å². The molecule has 0 amide bonds. The second-order valence-corrected chi connectivity index (χ2v) is 8.22. The average Bonchev–Trinajstić information content (AvgIpc) is 3.51. The van der Waals surface area contributed by atoms with Crippen LogP contribution in [0.2, 0.25) is 0 Å². The molecule has 5 aromatic rings. The number of rotatable bonds is 6. The minimum atomic E-state index is -0.530. The van der Waals surface area contributed by atoms with Crippen LogP contribution < -0.4 is 11.2 Å². The third-order valence-electron chi connectivity index (χ3n) is 6.27. The van der Waals surface area contributed by atoms with Crippen LogP contribution in [0, 0.1) is 19.7 Å². The van der Waals surface area contributed by atoms with E-state index in [1.165, 1.54) is 10.6 Å². The fourth-order valence-corrected chi connectivity index (χ4v) is 4.35. The zero-order valence-electron chi connectivity index (χ0n) is 18.7. The number of aryl methyl sites for hydroxylation is 4. The van der Waals surface area contributed by atoms with Crippen LogP contribution >= 0.6 is 0 Å². The highest BCUT2D eigenvalue weighted by Gasteiger charge is 2.22. The molecular weight excluding hydrogens is 425 g/mol. The van der Waals surface area contributed by atoms with Gasteiger partial charge in [-0.05, 0) is 26.3 Å². The molecule has 5 rings (SSSR count). The maximum atomic E-state index is 14.2. The van der Waals surface area contributed by atoms with Crippen LogP contribution in [0.5, 0.6) is 0 Å². The second-order valence-electron chi connectivity index (χ2n) is 8.22. The fourth-order valence-electron chi connectivity index (χ4n) is 4.35. The molecule has 0 aliphatic heterocycles. The molecule has 1 aromatic carbocycles. The van der Waals surface area contributed by atoms with Crippen LogP contribution in [-0.2, 0) is 26.7 Å². The fraction of sp³-hybridized carbons (Fsp3) is 0.304. The van der Waals surface area contributed by atoms with Crippen LogP contribution in [0.1, 0.15) is 23.4 Å². The minimum Gasteiger partial charge on any atom is -0.337 e. The molecule has 0 bridgehead atoms. The predicted octanol–water partition coefficient (Wildman–Crippen LogP) is 2.24. The molecule has 0 aliphatic carbocycles. The van der Waals surface area contributed by atoms with Gasteiger partial charge >= 0.3 is 5.69 Å². The highest BCUT2D eigenvalue weighted by molar-refractivity contribution is 5.76. The van der Waals surface area contributed by atoms with Crippen molar-refractivity contribution in [2.75, 3.05) is 0 Å². The Morgan fingerprint density at radius 2 is 1.82 bits per heavy atom. The van der Waals surface area contributed by atoms with Gasteiger partial charge in [0.2, 0.25) is 5.78 Å². The van der Waals surface area contributed by atoms with Gasteiger partial charge in [0.05, 0.1) is 12.9 Å². The zero-order chi connectivity index (χ0) is 23.3. The van der Waals surface area contributed by atoms with Crippen molar-refractivity contribution in [3.8, 4) is 0 Å². The first-order chi connectivity index (χ1) is 15.9. The molecule has 170 valence electrons. The third kappa shape index (κ3) is 3.29. The number of hydrogen-bond acceptors (Lipinski definition) is 4. The number of benzene rings is 1. The van der Waals surface area contributed by atoms with E-state index in [0.717, 1.165) is 28.9 Å². The zero-order valence-corrected chi connectivity index (χ0v) is 18.7. The van der Waals surface area contributed by atoms with Crippen LogP contribution in [0.4, 0.5) is 4.39 Å². The Labute approximate surface area is 188 Å². The first-order valence-electron chi connectivity index (χ1n) is 10.7. The summed E-state index contributed by atoms with van der Waals surface area (Å²) in [7, 11) is 1.58. The molecule has 0 radical (unpaired) electrons. The Kier molecular flexibility index (Phi) is 4.99. The summed E-state index contributed by atoms with van der Waals surface area (Å²) in [5.41, 5.74) is 1.78. The Morgan fingerprint density at radius 1 is 1.03 bits per heavy atom. The van der Waals surface area contributed by atoms with Crippen molar-refractivity contribution in [1.82, 2.24) is 32.6 Å². The first-order valence-corrected chi connectivity index (χ1v) is 10.7. The summed E-state index contributed by atoms with van der Waals surface area (Å²) in [6.07, 6.45) is 6.29. The molecule has 0 unspecified atom stereocenters. The van der Waals surface area contributed by atoms with E-state index < -0.39 is 17.1 Å². The van der Waals surface area contributed by atoms with E-state index in [-0.39, 0.29) is 12.1 Å². The van der Waals surface area contributed by atoms with Crippen LogP contribution in [0.3, 0.4) is 0 Å². The maximum Gasteiger partial charge on any atom is 0.332 e. The summed E-state index contributed by atoms with van der Waals surface area (Å²) in [4.78, 5) is 35.2. The highest BCUT2D eigenvalue weighted by atomic mass is 19.1. The van der Waals surface area contributed by atoms with Crippen molar-refractivity contribution < 1.29 is 4.39 Å². The van der Waals surface area contributed by atoms with Crippen molar-refractivity contribution in [1.29, 1.82) is 0 Å². The summed E-state index contributed by atoms with van der Waals surface area (Å²) in [6, 6.07) is 6.15. The van der Waals surface area contributed by atoms with Gasteiger partial charge in [0.25, 0.3) is 5.56 Å². The molecular formula is C23H24FN7O2. The van der Waals surface area contributed by atoms with Crippen molar-refractivity contribution in [2.45, 2.75) is 39.9 Å². The quantitative estimate of drug-likeness (QED) is 0.398. The summed E-state index contributed by atoms with van der Waals surface area (Å²) in [5.74, 6) is 0.155. The molecule has 0 spiro atoms. The van der Waals surface area contributed by atoms with E-state index in [1.807, 2.05) is 29.0 Å². The molecule has 0 saturated heterocycles. The smallest absolute Gasteiger partial charge is 0.332 e. The van der Waals surface area contributed by atoms with E-state index in [9.17, 15) is 14.0 Å². The number of imidazole rings is 3. The lowest BCUT2D eigenvalue weighted by Gasteiger charge is -2.09. The number of fused-ring (bicyclic) bond motifs is 3. The largest absolute Gasteiger partial charge is 0.337 e. The SMILES string of the molecule is Cc1c(C)n2c3c(=O)n(Cc4ccccc4F)c(=O)n(C)c3nc2n1CCCn1ccnc1. The summed E-state index contributed by atoms with van der Waals surface area (Å²) in [6.45, 7) is 5.28. The normalized spacial score (nSPS) is 11.8. The average molecular weight is 449 g/mol. The number of hydrogen-bond donors (Lipinski definition) is 0.